The first-order chi connectivity index (χ1) is 20.0. The van der Waals surface area contributed by atoms with Gasteiger partial charge in [0.25, 0.3) is 0 Å². The minimum absolute atomic E-state index is 0.150. The van der Waals surface area contributed by atoms with Crippen LogP contribution < -0.4 is 23.7 Å². The predicted octanol–water partition coefficient (Wildman–Crippen LogP) is 7.84. The first-order valence-corrected chi connectivity index (χ1v) is 13.8. The minimum atomic E-state index is -0.569. The predicted molar refractivity (Wildman–Crippen MR) is 159 cm³/mol. The first-order valence-electron chi connectivity index (χ1n) is 13.1. The molecule has 2 aliphatic heterocycles. The molecule has 9 heteroatoms. The largest absolute Gasteiger partial charge is 0.493 e. The maximum atomic E-state index is 6.66. The van der Waals surface area contributed by atoms with Crippen LogP contribution in [0, 0.1) is 0 Å². The number of hydrogen-bond donors (Lipinski definition) is 0. The van der Waals surface area contributed by atoms with Crippen molar-refractivity contribution < 1.29 is 23.7 Å². The molecule has 41 heavy (non-hydrogen) atoms. The van der Waals surface area contributed by atoms with E-state index in [2.05, 4.69) is 0 Å². The normalized spacial score (nSPS) is 17.2. The summed E-state index contributed by atoms with van der Waals surface area (Å²) in [6.45, 7) is 0.424. The molecule has 0 saturated heterocycles. The quantitative estimate of drug-likeness (QED) is 0.208. The van der Waals surface area contributed by atoms with Gasteiger partial charge >= 0.3 is 0 Å². The summed E-state index contributed by atoms with van der Waals surface area (Å²) in [5.74, 6) is 3.10. The number of halogens is 2. The molecule has 210 valence electrons. The third kappa shape index (κ3) is 5.23. The molecule has 0 amide bonds. The summed E-state index contributed by atoms with van der Waals surface area (Å²) in [7, 11) is 4.85. The Morgan fingerprint density at radius 3 is 2.32 bits per heavy atom. The van der Waals surface area contributed by atoms with Gasteiger partial charge in [0.1, 0.15) is 12.4 Å². The van der Waals surface area contributed by atoms with E-state index in [0.717, 1.165) is 28.0 Å². The molecule has 0 fully saturated rings. The van der Waals surface area contributed by atoms with Gasteiger partial charge in [-0.3, -0.25) is 0 Å². The van der Waals surface area contributed by atoms with E-state index in [0.29, 0.717) is 51.8 Å². The summed E-state index contributed by atoms with van der Waals surface area (Å²) in [6, 6.07) is 25.0. The molecule has 7 nitrogen and oxygen atoms in total. The van der Waals surface area contributed by atoms with Crippen molar-refractivity contribution in [3.05, 3.63) is 111 Å². The standard InChI is InChI=1S/C32H28Cl2N2O5/c1-37-27-11-9-20(13-29(27)38-2)25-17-26-23-15-22(33)16-24(34)31(23)41-32(36(26)35-25)21-10-12-28(30(14-21)39-3)40-18-19-7-5-4-6-8-19/h4-16,26,32H,17-18H2,1-3H3/t26-,32-/m0/s1. The second-order valence-corrected chi connectivity index (χ2v) is 10.5. The lowest BCUT2D eigenvalue weighted by Gasteiger charge is -2.38. The Kier molecular flexibility index (Phi) is 7.56. The van der Waals surface area contributed by atoms with Gasteiger partial charge in [0, 0.05) is 28.1 Å². The van der Waals surface area contributed by atoms with Crippen LogP contribution in [-0.2, 0) is 6.61 Å². The van der Waals surface area contributed by atoms with Crippen LogP contribution in [-0.4, -0.2) is 32.0 Å². The fourth-order valence-electron chi connectivity index (χ4n) is 5.22. The summed E-state index contributed by atoms with van der Waals surface area (Å²) >= 11 is 13.1. The molecule has 2 atom stereocenters. The van der Waals surface area contributed by atoms with Gasteiger partial charge in [-0.25, -0.2) is 5.01 Å². The van der Waals surface area contributed by atoms with Crippen LogP contribution >= 0.6 is 23.2 Å². The highest BCUT2D eigenvalue weighted by atomic mass is 35.5. The van der Waals surface area contributed by atoms with E-state index in [1.54, 1.807) is 27.4 Å². The lowest BCUT2D eigenvalue weighted by atomic mass is 9.95. The fraction of sp³-hybridized carbons (Fsp3) is 0.219. The molecule has 4 aromatic carbocycles. The Hall–Kier alpha value is -4.07. The molecule has 0 aromatic heterocycles. The van der Waals surface area contributed by atoms with Crippen LogP contribution in [0.1, 0.15) is 40.9 Å². The third-order valence-electron chi connectivity index (χ3n) is 7.23. The van der Waals surface area contributed by atoms with Crippen LogP contribution in [0.15, 0.2) is 84.0 Å². The van der Waals surface area contributed by atoms with Crippen LogP contribution in [0.25, 0.3) is 0 Å². The molecule has 0 spiro atoms. The van der Waals surface area contributed by atoms with Gasteiger partial charge in [-0.05, 0) is 54.1 Å². The molecule has 2 heterocycles. The Morgan fingerprint density at radius 1 is 0.829 bits per heavy atom. The number of methoxy groups -OCH3 is 3. The Balaban J connectivity index is 1.37. The number of benzene rings is 4. The van der Waals surface area contributed by atoms with Gasteiger partial charge in [-0.2, -0.15) is 5.10 Å². The average Bonchev–Trinajstić information content (AvgIpc) is 3.46. The Bertz CT molecular complexity index is 1610. The highest BCUT2D eigenvalue weighted by Gasteiger charge is 2.42. The number of hydrogen-bond acceptors (Lipinski definition) is 7. The van der Waals surface area contributed by atoms with Crippen LogP contribution in [0.4, 0.5) is 0 Å². The van der Waals surface area contributed by atoms with Gasteiger partial charge in [-0.1, -0.05) is 53.5 Å². The molecule has 0 bridgehead atoms. The zero-order chi connectivity index (χ0) is 28.5. The van der Waals surface area contributed by atoms with E-state index in [-0.39, 0.29) is 6.04 Å². The van der Waals surface area contributed by atoms with Crippen molar-refractivity contribution >= 4 is 28.9 Å². The Labute approximate surface area is 248 Å². The molecule has 2 aliphatic rings. The van der Waals surface area contributed by atoms with Gasteiger partial charge in [0.05, 0.1) is 38.1 Å². The molecular formula is C32H28Cl2N2O5. The van der Waals surface area contributed by atoms with Crippen molar-refractivity contribution in [2.45, 2.75) is 25.3 Å². The molecule has 4 aromatic rings. The summed E-state index contributed by atoms with van der Waals surface area (Å²) in [4.78, 5) is 0. The zero-order valence-electron chi connectivity index (χ0n) is 22.8. The van der Waals surface area contributed by atoms with Gasteiger partial charge in [0.2, 0.25) is 6.23 Å². The summed E-state index contributed by atoms with van der Waals surface area (Å²) in [5.41, 5.74) is 4.59. The van der Waals surface area contributed by atoms with Gasteiger partial charge in [0.15, 0.2) is 23.0 Å². The topological polar surface area (TPSA) is 61.8 Å². The van der Waals surface area contributed by atoms with E-state index in [1.807, 2.05) is 77.8 Å². The van der Waals surface area contributed by atoms with E-state index < -0.39 is 6.23 Å². The Morgan fingerprint density at radius 2 is 1.56 bits per heavy atom. The van der Waals surface area contributed by atoms with E-state index in [1.165, 1.54) is 0 Å². The summed E-state index contributed by atoms with van der Waals surface area (Å²) < 4.78 is 29.3. The zero-order valence-corrected chi connectivity index (χ0v) is 24.3. The number of hydrazone groups is 1. The van der Waals surface area contributed by atoms with E-state index in [4.69, 9.17) is 52.0 Å². The average molecular weight is 591 g/mol. The molecule has 0 radical (unpaired) electrons. The molecule has 0 saturated carbocycles. The number of rotatable bonds is 8. The first kappa shape index (κ1) is 27.1. The van der Waals surface area contributed by atoms with Crippen molar-refractivity contribution in [1.82, 2.24) is 5.01 Å². The van der Waals surface area contributed by atoms with Crippen molar-refractivity contribution in [3.8, 4) is 28.7 Å². The van der Waals surface area contributed by atoms with Crippen molar-refractivity contribution in [1.29, 1.82) is 0 Å². The number of fused-ring (bicyclic) bond motifs is 3. The maximum absolute atomic E-state index is 6.66. The van der Waals surface area contributed by atoms with Crippen molar-refractivity contribution in [2.75, 3.05) is 21.3 Å². The maximum Gasteiger partial charge on any atom is 0.214 e. The monoisotopic (exact) mass is 590 g/mol. The van der Waals surface area contributed by atoms with E-state index >= 15 is 0 Å². The van der Waals surface area contributed by atoms with Crippen LogP contribution in [0.3, 0.4) is 0 Å². The van der Waals surface area contributed by atoms with Crippen LogP contribution in [0.2, 0.25) is 10.0 Å². The number of ether oxygens (including phenoxy) is 5. The second-order valence-electron chi connectivity index (χ2n) is 9.68. The lowest BCUT2D eigenvalue weighted by Crippen LogP contribution is -2.33. The fourth-order valence-corrected chi connectivity index (χ4v) is 5.77. The van der Waals surface area contributed by atoms with Crippen molar-refractivity contribution in [2.24, 2.45) is 5.10 Å². The number of nitrogens with zero attached hydrogens (tertiary/aromatic N) is 2. The smallest absolute Gasteiger partial charge is 0.214 e. The molecular weight excluding hydrogens is 563 g/mol. The van der Waals surface area contributed by atoms with E-state index in [9.17, 15) is 0 Å². The van der Waals surface area contributed by atoms with Crippen molar-refractivity contribution in [3.63, 3.8) is 0 Å². The summed E-state index contributed by atoms with van der Waals surface area (Å²) in [6.07, 6.45) is 0.0508. The highest BCUT2D eigenvalue weighted by Crippen LogP contribution is 2.51. The molecule has 6 rings (SSSR count). The van der Waals surface area contributed by atoms with Crippen LogP contribution in [0.5, 0.6) is 28.7 Å². The summed E-state index contributed by atoms with van der Waals surface area (Å²) in [5, 5.41) is 8.00. The molecule has 0 N–H and O–H groups in total. The SMILES string of the molecule is COc1ccc(C2=NN3[C@@H](C2)c2cc(Cl)cc(Cl)c2O[C@H]3c2ccc(OCc3ccccc3)c(OC)c2)cc1OC. The third-order valence-corrected chi connectivity index (χ3v) is 7.73. The minimum Gasteiger partial charge on any atom is -0.493 e. The lowest BCUT2D eigenvalue weighted by molar-refractivity contribution is -0.0190. The molecule has 0 aliphatic carbocycles. The second kappa shape index (κ2) is 11.4. The van der Waals surface area contributed by atoms with Gasteiger partial charge in [-0.15, -0.1) is 0 Å². The molecule has 0 unspecified atom stereocenters. The highest BCUT2D eigenvalue weighted by molar-refractivity contribution is 6.35. The van der Waals surface area contributed by atoms with Gasteiger partial charge < -0.3 is 23.7 Å².